The summed E-state index contributed by atoms with van der Waals surface area (Å²) >= 11 is 0. The molecule has 2 aliphatic rings. The van der Waals surface area contributed by atoms with Crippen molar-refractivity contribution in [2.75, 3.05) is 32.8 Å². The van der Waals surface area contributed by atoms with Crippen molar-refractivity contribution < 1.29 is 14.3 Å². The van der Waals surface area contributed by atoms with E-state index in [0.29, 0.717) is 31.2 Å². The molecule has 1 aromatic carbocycles. The number of H-pyrrole nitrogens is 1. The van der Waals surface area contributed by atoms with E-state index in [9.17, 15) is 4.79 Å². The molecule has 7 heteroatoms. The normalized spacial score (nSPS) is 16.0. The zero-order chi connectivity index (χ0) is 15.6. The van der Waals surface area contributed by atoms with Crippen LogP contribution in [0.15, 0.2) is 30.6 Å². The fraction of sp³-hybridized carbons (Fsp3) is 0.353. The summed E-state index contributed by atoms with van der Waals surface area (Å²) in [6.45, 7) is 3.77. The van der Waals surface area contributed by atoms with Crippen LogP contribution in [0.25, 0.3) is 11.1 Å². The summed E-state index contributed by atoms with van der Waals surface area (Å²) in [5.74, 6) is 1.96. The van der Waals surface area contributed by atoms with Crippen molar-refractivity contribution in [1.29, 1.82) is 0 Å². The standard InChI is InChI=1S/C17H19N3O3.ClH/c21-17(20-8-11-6-18-7-11)14-10-19-9-13(14)12-1-2-15-16(5-12)23-4-3-22-15;/h1-2,5,9-11,18-19H,3-4,6-8H2,(H,20,21);1H. The zero-order valence-corrected chi connectivity index (χ0v) is 13.9. The minimum Gasteiger partial charge on any atom is -0.486 e. The van der Waals surface area contributed by atoms with Gasteiger partial charge in [-0.15, -0.1) is 12.4 Å². The topological polar surface area (TPSA) is 75.4 Å². The fourth-order valence-corrected chi connectivity index (χ4v) is 2.83. The number of carbonyl (C=O) groups is 1. The van der Waals surface area contributed by atoms with Gasteiger partial charge in [-0.05, 0) is 17.7 Å². The molecule has 0 saturated carbocycles. The molecule has 4 rings (SSSR count). The van der Waals surface area contributed by atoms with Gasteiger partial charge < -0.3 is 25.1 Å². The van der Waals surface area contributed by atoms with E-state index in [-0.39, 0.29) is 18.3 Å². The number of benzene rings is 1. The highest BCUT2D eigenvalue weighted by atomic mass is 35.5. The number of nitrogens with one attached hydrogen (secondary N) is 3. The van der Waals surface area contributed by atoms with Crippen LogP contribution in [0.1, 0.15) is 10.4 Å². The summed E-state index contributed by atoms with van der Waals surface area (Å²) < 4.78 is 11.2. The molecule has 0 spiro atoms. The Labute approximate surface area is 146 Å². The van der Waals surface area contributed by atoms with Crippen LogP contribution >= 0.6 is 12.4 Å². The second kappa shape index (κ2) is 7.15. The fourth-order valence-electron chi connectivity index (χ4n) is 2.83. The minimum absolute atomic E-state index is 0. The number of hydrogen-bond acceptors (Lipinski definition) is 4. The zero-order valence-electron chi connectivity index (χ0n) is 13.1. The van der Waals surface area contributed by atoms with Gasteiger partial charge >= 0.3 is 0 Å². The average Bonchev–Trinajstić information content (AvgIpc) is 3.02. The quantitative estimate of drug-likeness (QED) is 0.787. The summed E-state index contributed by atoms with van der Waals surface area (Å²) in [7, 11) is 0. The predicted octanol–water partition coefficient (Wildman–Crippen LogP) is 1.82. The Morgan fingerprint density at radius 1 is 1.17 bits per heavy atom. The van der Waals surface area contributed by atoms with Crippen molar-refractivity contribution in [2.45, 2.75) is 0 Å². The molecule has 2 aromatic rings. The van der Waals surface area contributed by atoms with E-state index in [2.05, 4.69) is 15.6 Å². The minimum atomic E-state index is -0.0527. The smallest absolute Gasteiger partial charge is 0.253 e. The third-order valence-corrected chi connectivity index (χ3v) is 4.26. The van der Waals surface area contributed by atoms with E-state index < -0.39 is 0 Å². The Bertz CT molecular complexity index is 728. The van der Waals surface area contributed by atoms with Crippen LogP contribution in [0.5, 0.6) is 11.5 Å². The van der Waals surface area contributed by atoms with Gasteiger partial charge in [0.1, 0.15) is 13.2 Å². The maximum absolute atomic E-state index is 12.4. The van der Waals surface area contributed by atoms with Crippen molar-refractivity contribution in [3.8, 4) is 22.6 Å². The molecule has 1 amide bonds. The molecule has 2 aliphatic heterocycles. The molecule has 0 unspecified atom stereocenters. The molecule has 0 radical (unpaired) electrons. The first-order chi connectivity index (χ1) is 11.3. The molecular weight excluding hydrogens is 330 g/mol. The second-order valence-corrected chi connectivity index (χ2v) is 5.88. The predicted molar refractivity (Wildman–Crippen MR) is 93.2 cm³/mol. The van der Waals surface area contributed by atoms with Gasteiger partial charge in [-0.1, -0.05) is 6.07 Å². The molecule has 0 aliphatic carbocycles. The number of carbonyl (C=O) groups excluding carboxylic acids is 1. The summed E-state index contributed by atoms with van der Waals surface area (Å²) in [5, 5.41) is 6.21. The Morgan fingerprint density at radius 3 is 2.71 bits per heavy atom. The highest BCUT2D eigenvalue weighted by Gasteiger charge is 2.20. The molecule has 1 fully saturated rings. The van der Waals surface area contributed by atoms with Crippen LogP contribution in [0.4, 0.5) is 0 Å². The number of amides is 1. The number of halogens is 1. The summed E-state index contributed by atoms with van der Waals surface area (Å²) in [5.41, 5.74) is 2.45. The van der Waals surface area contributed by atoms with E-state index in [4.69, 9.17) is 9.47 Å². The van der Waals surface area contributed by atoms with Crippen LogP contribution in [-0.4, -0.2) is 43.7 Å². The van der Waals surface area contributed by atoms with E-state index in [1.165, 1.54) is 0 Å². The Hall–Kier alpha value is -2.18. The first-order valence-corrected chi connectivity index (χ1v) is 7.87. The van der Waals surface area contributed by atoms with Crippen LogP contribution < -0.4 is 20.1 Å². The van der Waals surface area contributed by atoms with Crippen LogP contribution in [0.3, 0.4) is 0 Å². The Balaban J connectivity index is 0.00000169. The number of aromatic nitrogens is 1. The lowest BCUT2D eigenvalue weighted by Gasteiger charge is -2.27. The van der Waals surface area contributed by atoms with Crippen molar-refractivity contribution in [2.24, 2.45) is 5.92 Å². The number of hydrogen-bond donors (Lipinski definition) is 3. The molecule has 1 saturated heterocycles. The first-order valence-electron chi connectivity index (χ1n) is 7.87. The molecule has 3 N–H and O–H groups in total. The molecule has 0 bridgehead atoms. The molecule has 0 atom stereocenters. The van der Waals surface area contributed by atoms with E-state index in [1.54, 1.807) is 6.20 Å². The molecule has 128 valence electrons. The van der Waals surface area contributed by atoms with E-state index in [0.717, 1.165) is 35.7 Å². The van der Waals surface area contributed by atoms with E-state index in [1.807, 2.05) is 24.4 Å². The van der Waals surface area contributed by atoms with Gasteiger partial charge in [0.2, 0.25) is 0 Å². The molecule has 1 aromatic heterocycles. The lowest BCUT2D eigenvalue weighted by Crippen LogP contribution is -2.48. The maximum atomic E-state index is 12.4. The monoisotopic (exact) mass is 349 g/mol. The molecular formula is C17H20ClN3O3. The van der Waals surface area contributed by atoms with Crippen molar-refractivity contribution >= 4 is 18.3 Å². The van der Waals surface area contributed by atoms with Crippen LogP contribution in [-0.2, 0) is 0 Å². The number of ether oxygens (including phenoxy) is 2. The third kappa shape index (κ3) is 3.20. The second-order valence-electron chi connectivity index (χ2n) is 5.88. The van der Waals surface area contributed by atoms with Gasteiger partial charge in [-0.2, -0.15) is 0 Å². The van der Waals surface area contributed by atoms with Crippen molar-refractivity contribution in [1.82, 2.24) is 15.6 Å². The average molecular weight is 350 g/mol. The summed E-state index contributed by atoms with van der Waals surface area (Å²) in [6.07, 6.45) is 3.58. The Morgan fingerprint density at radius 2 is 1.96 bits per heavy atom. The van der Waals surface area contributed by atoms with Gasteiger partial charge in [0.15, 0.2) is 11.5 Å². The number of aromatic amines is 1. The largest absolute Gasteiger partial charge is 0.486 e. The van der Waals surface area contributed by atoms with Gasteiger partial charge in [0.05, 0.1) is 5.56 Å². The lowest BCUT2D eigenvalue weighted by molar-refractivity contribution is 0.0943. The number of fused-ring (bicyclic) bond motifs is 1. The van der Waals surface area contributed by atoms with Gasteiger partial charge in [0.25, 0.3) is 5.91 Å². The highest BCUT2D eigenvalue weighted by Crippen LogP contribution is 2.35. The van der Waals surface area contributed by atoms with Crippen LogP contribution in [0.2, 0.25) is 0 Å². The Kier molecular flexibility index (Phi) is 4.97. The molecule has 3 heterocycles. The van der Waals surface area contributed by atoms with Crippen molar-refractivity contribution in [3.05, 3.63) is 36.2 Å². The van der Waals surface area contributed by atoms with Crippen LogP contribution in [0, 0.1) is 5.92 Å². The van der Waals surface area contributed by atoms with Gasteiger partial charge in [-0.3, -0.25) is 4.79 Å². The summed E-state index contributed by atoms with van der Waals surface area (Å²) in [4.78, 5) is 15.5. The van der Waals surface area contributed by atoms with Crippen molar-refractivity contribution in [3.63, 3.8) is 0 Å². The maximum Gasteiger partial charge on any atom is 0.253 e. The molecule has 24 heavy (non-hydrogen) atoms. The summed E-state index contributed by atoms with van der Waals surface area (Å²) in [6, 6.07) is 5.76. The first kappa shape index (κ1) is 16.7. The van der Waals surface area contributed by atoms with E-state index >= 15 is 0 Å². The van der Waals surface area contributed by atoms with Gasteiger partial charge in [-0.25, -0.2) is 0 Å². The molecule has 6 nitrogen and oxygen atoms in total. The SMILES string of the molecule is Cl.O=C(NCC1CNC1)c1c[nH]cc1-c1ccc2c(c1)OCCO2. The highest BCUT2D eigenvalue weighted by molar-refractivity contribution is 6.00. The third-order valence-electron chi connectivity index (χ3n) is 4.26. The van der Waals surface area contributed by atoms with Gasteiger partial charge in [0, 0.05) is 43.5 Å². The number of rotatable bonds is 4. The lowest BCUT2D eigenvalue weighted by atomic mass is 10.0.